The Balaban J connectivity index is 1.76. The molecule has 0 saturated heterocycles. The number of nitrogens with zero attached hydrogens (tertiary/aromatic N) is 1. The van der Waals surface area contributed by atoms with Crippen LogP contribution >= 0.6 is 23.2 Å². The second kappa shape index (κ2) is 9.17. The third kappa shape index (κ3) is 4.32. The number of anilines is 3. The van der Waals surface area contributed by atoms with Crippen molar-refractivity contribution in [3.05, 3.63) is 114 Å². The highest BCUT2D eigenvalue weighted by molar-refractivity contribution is 6.18. The molecule has 0 fully saturated rings. The van der Waals surface area contributed by atoms with Gasteiger partial charge in [0.05, 0.1) is 0 Å². The third-order valence-electron chi connectivity index (χ3n) is 4.94. The van der Waals surface area contributed by atoms with Crippen LogP contribution in [0.25, 0.3) is 11.1 Å². The van der Waals surface area contributed by atoms with Crippen LogP contribution in [0.5, 0.6) is 0 Å². The van der Waals surface area contributed by atoms with Crippen molar-refractivity contribution in [1.29, 1.82) is 0 Å². The van der Waals surface area contributed by atoms with Crippen molar-refractivity contribution in [2.24, 2.45) is 0 Å². The SMILES string of the molecule is ClCc1ccc(CCl)c(-c2ccc(N(c3ccccc3)c3ccccc3)cc2)c1. The van der Waals surface area contributed by atoms with E-state index in [1.54, 1.807) is 0 Å². The molecule has 0 aliphatic heterocycles. The average Bonchev–Trinajstić information content (AvgIpc) is 2.81. The predicted octanol–water partition coefficient (Wildman–Crippen LogP) is 8.30. The first-order valence-electron chi connectivity index (χ1n) is 9.54. The van der Waals surface area contributed by atoms with Crippen molar-refractivity contribution in [3.63, 3.8) is 0 Å². The van der Waals surface area contributed by atoms with Crippen LogP contribution in [0, 0.1) is 0 Å². The van der Waals surface area contributed by atoms with Gasteiger partial charge in [-0.2, -0.15) is 0 Å². The summed E-state index contributed by atoms with van der Waals surface area (Å²) < 4.78 is 0. The van der Waals surface area contributed by atoms with Crippen LogP contribution in [-0.2, 0) is 11.8 Å². The molecule has 4 aromatic carbocycles. The van der Waals surface area contributed by atoms with E-state index in [2.05, 4.69) is 89.8 Å². The molecule has 0 aliphatic carbocycles. The smallest absolute Gasteiger partial charge is 0.0480 e. The minimum Gasteiger partial charge on any atom is -0.311 e. The van der Waals surface area contributed by atoms with E-state index in [1.807, 2.05) is 18.2 Å². The standard InChI is InChI=1S/C26H21Cl2N/c27-18-20-11-12-22(19-28)26(17-20)21-13-15-25(16-14-21)29(23-7-3-1-4-8-23)24-9-5-2-6-10-24/h1-17H,18-19H2. The van der Waals surface area contributed by atoms with Gasteiger partial charge in [-0.25, -0.2) is 0 Å². The van der Waals surface area contributed by atoms with Gasteiger partial charge in [-0.05, 0) is 64.7 Å². The molecular weight excluding hydrogens is 397 g/mol. The van der Waals surface area contributed by atoms with Gasteiger partial charge in [0, 0.05) is 28.8 Å². The second-order valence-corrected chi connectivity index (χ2v) is 7.35. The maximum Gasteiger partial charge on any atom is 0.0480 e. The van der Waals surface area contributed by atoms with Crippen molar-refractivity contribution in [1.82, 2.24) is 0 Å². The number of halogens is 2. The fourth-order valence-corrected chi connectivity index (χ4v) is 3.88. The van der Waals surface area contributed by atoms with E-state index >= 15 is 0 Å². The Morgan fingerprint density at radius 3 is 1.62 bits per heavy atom. The van der Waals surface area contributed by atoms with E-state index in [-0.39, 0.29) is 0 Å². The highest BCUT2D eigenvalue weighted by Crippen LogP contribution is 2.36. The van der Waals surface area contributed by atoms with Crippen LogP contribution < -0.4 is 4.90 Å². The summed E-state index contributed by atoms with van der Waals surface area (Å²) in [6, 6.07) is 35.6. The molecule has 29 heavy (non-hydrogen) atoms. The Labute approximate surface area is 182 Å². The lowest BCUT2D eigenvalue weighted by molar-refractivity contribution is 1.28. The molecule has 0 radical (unpaired) electrons. The molecule has 1 nitrogen and oxygen atoms in total. The molecule has 0 heterocycles. The maximum atomic E-state index is 6.18. The van der Waals surface area contributed by atoms with Crippen LogP contribution in [0.2, 0.25) is 0 Å². The number of hydrogen-bond acceptors (Lipinski definition) is 1. The Hall–Kier alpha value is -2.74. The molecule has 3 heteroatoms. The Morgan fingerprint density at radius 2 is 1.10 bits per heavy atom. The largest absolute Gasteiger partial charge is 0.311 e. The third-order valence-corrected chi connectivity index (χ3v) is 5.53. The zero-order valence-corrected chi connectivity index (χ0v) is 17.4. The number of alkyl halides is 2. The topological polar surface area (TPSA) is 3.24 Å². The average molecular weight is 418 g/mol. The van der Waals surface area contributed by atoms with Gasteiger partial charge in [0.1, 0.15) is 0 Å². The lowest BCUT2D eigenvalue weighted by Gasteiger charge is -2.25. The lowest BCUT2D eigenvalue weighted by Crippen LogP contribution is -2.09. The Morgan fingerprint density at radius 1 is 0.552 bits per heavy atom. The zero-order chi connectivity index (χ0) is 20.1. The van der Waals surface area contributed by atoms with Gasteiger partial charge in [0.25, 0.3) is 0 Å². The van der Waals surface area contributed by atoms with Crippen molar-refractivity contribution < 1.29 is 0 Å². The first-order valence-corrected chi connectivity index (χ1v) is 10.6. The summed E-state index contributed by atoms with van der Waals surface area (Å²) in [5.41, 5.74) is 7.82. The molecule has 0 aromatic heterocycles. The molecule has 0 unspecified atom stereocenters. The van der Waals surface area contributed by atoms with Gasteiger partial charge in [-0.1, -0.05) is 60.7 Å². The highest BCUT2D eigenvalue weighted by atomic mass is 35.5. The van der Waals surface area contributed by atoms with E-state index < -0.39 is 0 Å². The summed E-state index contributed by atoms with van der Waals surface area (Å²) >= 11 is 12.2. The van der Waals surface area contributed by atoms with E-state index in [0.717, 1.165) is 39.3 Å². The lowest BCUT2D eigenvalue weighted by atomic mass is 9.98. The number of para-hydroxylation sites is 2. The van der Waals surface area contributed by atoms with Gasteiger partial charge in [-0.15, -0.1) is 23.2 Å². The Kier molecular flexibility index (Phi) is 6.19. The fourth-order valence-electron chi connectivity index (χ4n) is 3.48. The molecule has 4 aromatic rings. The van der Waals surface area contributed by atoms with Crippen LogP contribution in [0.15, 0.2) is 103 Å². The van der Waals surface area contributed by atoms with Gasteiger partial charge in [-0.3, -0.25) is 0 Å². The molecule has 0 bridgehead atoms. The van der Waals surface area contributed by atoms with E-state index in [4.69, 9.17) is 23.2 Å². The van der Waals surface area contributed by atoms with Crippen LogP contribution in [0.3, 0.4) is 0 Å². The van der Waals surface area contributed by atoms with Crippen molar-refractivity contribution in [2.45, 2.75) is 11.8 Å². The van der Waals surface area contributed by atoms with Crippen LogP contribution in [-0.4, -0.2) is 0 Å². The first-order chi connectivity index (χ1) is 14.3. The van der Waals surface area contributed by atoms with E-state index in [9.17, 15) is 0 Å². The molecular formula is C26H21Cl2N. The van der Waals surface area contributed by atoms with E-state index in [1.165, 1.54) is 0 Å². The number of rotatable bonds is 6. The number of benzene rings is 4. The molecule has 0 N–H and O–H groups in total. The highest BCUT2D eigenvalue weighted by Gasteiger charge is 2.12. The summed E-state index contributed by atoms with van der Waals surface area (Å²) in [7, 11) is 0. The van der Waals surface area contributed by atoms with Gasteiger partial charge < -0.3 is 4.90 Å². The molecule has 0 amide bonds. The summed E-state index contributed by atoms with van der Waals surface area (Å²) in [6.45, 7) is 0. The summed E-state index contributed by atoms with van der Waals surface area (Å²) in [5, 5.41) is 0. The molecule has 4 rings (SSSR count). The zero-order valence-electron chi connectivity index (χ0n) is 15.9. The quantitative estimate of drug-likeness (QED) is 0.285. The van der Waals surface area contributed by atoms with E-state index in [0.29, 0.717) is 11.8 Å². The summed E-state index contributed by atoms with van der Waals surface area (Å²) in [5.74, 6) is 0.962. The molecule has 0 atom stereocenters. The van der Waals surface area contributed by atoms with Gasteiger partial charge in [0.15, 0.2) is 0 Å². The van der Waals surface area contributed by atoms with Crippen molar-refractivity contribution in [3.8, 4) is 11.1 Å². The Bertz CT molecular complexity index is 1020. The van der Waals surface area contributed by atoms with Crippen LogP contribution in [0.1, 0.15) is 11.1 Å². The molecule has 0 spiro atoms. The minimum absolute atomic E-state index is 0.472. The first kappa shape index (κ1) is 19.6. The molecule has 0 saturated carbocycles. The predicted molar refractivity (Wildman–Crippen MR) is 126 cm³/mol. The summed E-state index contributed by atoms with van der Waals surface area (Å²) in [4.78, 5) is 2.25. The second-order valence-electron chi connectivity index (χ2n) is 6.81. The monoisotopic (exact) mass is 417 g/mol. The normalized spacial score (nSPS) is 10.7. The van der Waals surface area contributed by atoms with Crippen molar-refractivity contribution >= 4 is 40.3 Å². The maximum absolute atomic E-state index is 6.18. The summed E-state index contributed by atoms with van der Waals surface area (Å²) in [6.07, 6.45) is 0. The number of hydrogen-bond donors (Lipinski definition) is 0. The molecule has 144 valence electrons. The van der Waals surface area contributed by atoms with Gasteiger partial charge >= 0.3 is 0 Å². The fraction of sp³-hybridized carbons (Fsp3) is 0.0769. The van der Waals surface area contributed by atoms with Crippen LogP contribution in [0.4, 0.5) is 17.1 Å². The minimum atomic E-state index is 0.472. The van der Waals surface area contributed by atoms with Crippen molar-refractivity contribution in [2.75, 3.05) is 4.90 Å². The van der Waals surface area contributed by atoms with Gasteiger partial charge in [0.2, 0.25) is 0 Å². The molecule has 0 aliphatic rings.